The Balaban J connectivity index is 2.43. The molecule has 13 nitrogen and oxygen atoms in total. The SMILES string of the molecule is CCCCC/C=C/C/C=C/C/C=C/CCCCC(=O)O[C@@H](COC(=O)CCCCCCCCCCCCCCCCCCCCC)COP(=O)(O)OC1C(O)C(O)C(O)[C@H](O)C1O. The third-order valence-corrected chi connectivity index (χ3v) is 12.5. The number of hydrogen-bond donors (Lipinski definition) is 6. The molecule has 368 valence electrons. The zero-order valence-corrected chi connectivity index (χ0v) is 40.0. The minimum absolute atomic E-state index is 0.0496. The van der Waals surface area contributed by atoms with Gasteiger partial charge in [-0.2, -0.15) is 0 Å². The Hall–Kier alpha value is -1.93. The lowest BCUT2D eigenvalue weighted by molar-refractivity contribution is -0.220. The highest BCUT2D eigenvalue weighted by molar-refractivity contribution is 7.47. The first-order chi connectivity index (χ1) is 30.4. The van der Waals surface area contributed by atoms with Crippen LogP contribution in [-0.2, 0) is 32.7 Å². The third kappa shape index (κ3) is 31.6. The molecule has 8 atom stereocenters. The maximum atomic E-state index is 12.8. The fourth-order valence-corrected chi connectivity index (χ4v) is 8.44. The lowest BCUT2D eigenvalue weighted by atomic mass is 9.85. The minimum Gasteiger partial charge on any atom is -0.462 e. The van der Waals surface area contributed by atoms with E-state index in [9.17, 15) is 44.6 Å². The molecule has 1 aliphatic carbocycles. The van der Waals surface area contributed by atoms with E-state index >= 15 is 0 Å². The highest BCUT2D eigenvalue weighted by Crippen LogP contribution is 2.47. The molecule has 0 spiro atoms. The number of unbranched alkanes of at least 4 members (excludes halogenated alkanes) is 23. The number of rotatable bonds is 41. The van der Waals surface area contributed by atoms with Gasteiger partial charge in [0.25, 0.3) is 0 Å². The fraction of sp³-hybridized carbons (Fsp3) is 0.837. The number of allylic oxidation sites excluding steroid dienone is 6. The first-order valence-corrected chi connectivity index (χ1v) is 26.3. The summed E-state index contributed by atoms with van der Waals surface area (Å²) in [5.41, 5.74) is 0. The second-order valence-corrected chi connectivity index (χ2v) is 18.7. The van der Waals surface area contributed by atoms with E-state index in [-0.39, 0.29) is 12.8 Å². The van der Waals surface area contributed by atoms with Gasteiger partial charge in [-0.15, -0.1) is 0 Å². The maximum Gasteiger partial charge on any atom is 0.472 e. The monoisotopic (exact) mass is 917 g/mol. The van der Waals surface area contributed by atoms with Crippen LogP contribution < -0.4 is 0 Å². The van der Waals surface area contributed by atoms with Gasteiger partial charge in [0.05, 0.1) is 6.61 Å². The van der Waals surface area contributed by atoms with Crippen LogP contribution in [0.2, 0.25) is 0 Å². The van der Waals surface area contributed by atoms with Crippen molar-refractivity contribution in [1.29, 1.82) is 0 Å². The number of aliphatic hydroxyl groups is 5. The number of carbonyl (C=O) groups excluding carboxylic acids is 2. The molecule has 1 fully saturated rings. The lowest BCUT2D eigenvalue weighted by Gasteiger charge is -2.41. The molecule has 0 bridgehead atoms. The van der Waals surface area contributed by atoms with Gasteiger partial charge in [-0.3, -0.25) is 18.6 Å². The molecule has 1 saturated carbocycles. The molecule has 0 aromatic rings. The highest BCUT2D eigenvalue weighted by Gasteiger charge is 2.51. The number of carbonyl (C=O) groups is 2. The largest absolute Gasteiger partial charge is 0.472 e. The number of aliphatic hydroxyl groups excluding tert-OH is 5. The van der Waals surface area contributed by atoms with Gasteiger partial charge in [0.2, 0.25) is 0 Å². The number of phosphoric acid groups is 1. The number of hydrogen-bond acceptors (Lipinski definition) is 12. The van der Waals surface area contributed by atoms with Gasteiger partial charge in [0.15, 0.2) is 6.10 Å². The molecule has 0 radical (unpaired) electrons. The van der Waals surface area contributed by atoms with Crippen molar-refractivity contribution < 1.29 is 63.1 Å². The van der Waals surface area contributed by atoms with Crippen LogP contribution in [0, 0.1) is 0 Å². The van der Waals surface area contributed by atoms with E-state index in [1.807, 2.05) is 0 Å². The Kier molecular flexibility index (Phi) is 36.8. The fourth-order valence-electron chi connectivity index (χ4n) is 7.47. The summed E-state index contributed by atoms with van der Waals surface area (Å²) in [4.78, 5) is 35.7. The Morgan fingerprint density at radius 3 is 1.33 bits per heavy atom. The summed E-state index contributed by atoms with van der Waals surface area (Å²) in [6.07, 6.45) is 32.0. The topological polar surface area (TPSA) is 210 Å². The van der Waals surface area contributed by atoms with Gasteiger partial charge in [0.1, 0.15) is 43.2 Å². The molecule has 0 heterocycles. The molecule has 63 heavy (non-hydrogen) atoms. The van der Waals surface area contributed by atoms with E-state index in [4.69, 9.17) is 18.5 Å². The Morgan fingerprint density at radius 1 is 0.492 bits per heavy atom. The molecule has 1 aliphatic rings. The quantitative estimate of drug-likeness (QED) is 0.0146. The number of ether oxygens (including phenoxy) is 2. The van der Waals surface area contributed by atoms with Crippen molar-refractivity contribution in [2.45, 2.75) is 249 Å². The van der Waals surface area contributed by atoms with Crippen molar-refractivity contribution in [3.8, 4) is 0 Å². The minimum atomic E-state index is -5.13. The summed E-state index contributed by atoms with van der Waals surface area (Å²) in [6.45, 7) is 3.26. The summed E-state index contributed by atoms with van der Waals surface area (Å²) in [5.74, 6) is -1.14. The van der Waals surface area contributed by atoms with Gasteiger partial charge < -0.3 is 39.9 Å². The molecule has 0 aromatic carbocycles. The Labute approximate surface area is 380 Å². The predicted octanol–water partition coefficient (Wildman–Crippen LogP) is 10.2. The smallest absolute Gasteiger partial charge is 0.462 e. The van der Waals surface area contributed by atoms with Gasteiger partial charge in [-0.25, -0.2) is 4.57 Å². The van der Waals surface area contributed by atoms with Crippen molar-refractivity contribution in [2.24, 2.45) is 0 Å². The first kappa shape index (κ1) is 59.1. The Bertz CT molecular complexity index is 1240. The van der Waals surface area contributed by atoms with Crippen LogP contribution in [0.15, 0.2) is 36.5 Å². The average Bonchev–Trinajstić information content (AvgIpc) is 3.26. The average molecular weight is 917 g/mol. The molecule has 0 aromatic heterocycles. The normalized spacial score (nSPS) is 22.0. The van der Waals surface area contributed by atoms with Crippen LogP contribution in [0.5, 0.6) is 0 Å². The second-order valence-electron chi connectivity index (χ2n) is 17.3. The zero-order chi connectivity index (χ0) is 46.4. The molecule has 0 aliphatic heterocycles. The van der Waals surface area contributed by atoms with E-state index in [2.05, 4.69) is 50.3 Å². The van der Waals surface area contributed by atoms with Crippen LogP contribution in [0.1, 0.15) is 206 Å². The lowest BCUT2D eigenvalue weighted by Crippen LogP contribution is -2.64. The second kappa shape index (κ2) is 39.3. The zero-order valence-electron chi connectivity index (χ0n) is 39.1. The van der Waals surface area contributed by atoms with Crippen LogP contribution in [0.4, 0.5) is 0 Å². The van der Waals surface area contributed by atoms with Crippen LogP contribution in [0.25, 0.3) is 0 Å². The van der Waals surface area contributed by atoms with Gasteiger partial charge in [-0.05, 0) is 51.4 Å². The highest BCUT2D eigenvalue weighted by atomic mass is 31.2. The van der Waals surface area contributed by atoms with Crippen LogP contribution in [-0.4, -0.2) is 98.3 Å². The summed E-state index contributed by atoms with van der Waals surface area (Å²) in [6, 6.07) is 0. The van der Waals surface area contributed by atoms with Gasteiger partial charge >= 0.3 is 19.8 Å². The molecule has 0 amide bonds. The maximum absolute atomic E-state index is 12.8. The number of phosphoric ester groups is 1. The Morgan fingerprint density at radius 2 is 0.857 bits per heavy atom. The molecular weight excluding hydrogens is 828 g/mol. The van der Waals surface area contributed by atoms with Crippen molar-refractivity contribution in [1.82, 2.24) is 0 Å². The molecular formula is C49H89O13P. The van der Waals surface area contributed by atoms with E-state index < -0.39 is 75.7 Å². The van der Waals surface area contributed by atoms with Crippen molar-refractivity contribution >= 4 is 19.8 Å². The van der Waals surface area contributed by atoms with E-state index in [1.165, 1.54) is 116 Å². The summed E-state index contributed by atoms with van der Waals surface area (Å²) in [7, 11) is -5.13. The van der Waals surface area contributed by atoms with Gasteiger partial charge in [0, 0.05) is 12.8 Å². The van der Waals surface area contributed by atoms with Crippen molar-refractivity contribution in [3.05, 3.63) is 36.5 Å². The molecule has 1 rings (SSSR count). The molecule has 6 N–H and O–H groups in total. The summed E-state index contributed by atoms with van der Waals surface area (Å²) in [5, 5.41) is 50.2. The third-order valence-electron chi connectivity index (χ3n) is 11.5. The van der Waals surface area contributed by atoms with Crippen molar-refractivity contribution in [3.63, 3.8) is 0 Å². The van der Waals surface area contributed by atoms with Crippen molar-refractivity contribution in [2.75, 3.05) is 13.2 Å². The van der Waals surface area contributed by atoms with E-state index in [1.54, 1.807) is 0 Å². The molecule has 14 heteroatoms. The van der Waals surface area contributed by atoms with E-state index in [0.29, 0.717) is 12.8 Å². The predicted molar refractivity (Wildman–Crippen MR) is 249 cm³/mol. The summed E-state index contributed by atoms with van der Waals surface area (Å²) >= 11 is 0. The number of esters is 2. The molecule has 0 saturated heterocycles. The van der Waals surface area contributed by atoms with Crippen LogP contribution >= 0.6 is 7.82 Å². The standard InChI is InChI=1S/C49H89O13P/c1-3-5-7-9-11-13-15-17-19-20-21-22-24-25-27-29-31-33-35-37-42(50)59-39-41(40-60-63(57,58)62-49-47(55)45(53)44(52)46(54)48(49)56)61-43(51)38-36-34-32-30-28-26-23-18-16-14-12-10-8-6-4-2/h12,14,18,23,28,30,41,44-49,52-56H,3-11,13,15-17,19-22,24-27,29,31-40H2,1-2H3,(H,57,58)/b14-12+,23-18+,30-28+/t41-,44?,45-,46?,47?,48?,49?/m0/s1. The van der Waals surface area contributed by atoms with E-state index in [0.717, 1.165) is 51.4 Å². The van der Waals surface area contributed by atoms with Gasteiger partial charge in [-0.1, -0.05) is 179 Å². The van der Waals surface area contributed by atoms with Crippen LogP contribution in [0.3, 0.4) is 0 Å². The molecule has 6 unspecified atom stereocenters. The summed E-state index contributed by atoms with van der Waals surface area (Å²) < 4.78 is 33.5. The first-order valence-electron chi connectivity index (χ1n) is 24.8.